The molecule has 0 radical (unpaired) electrons. The molecule has 0 fully saturated rings. The lowest BCUT2D eigenvalue weighted by Gasteiger charge is -2.37. The van der Waals surface area contributed by atoms with Crippen LogP contribution in [0.4, 0.5) is 0 Å². The number of rotatable bonds is 6. The van der Waals surface area contributed by atoms with E-state index in [0.29, 0.717) is 0 Å². The minimum atomic E-state index is -0.461. The molecule has 32 heavy (non-hydrogen) atoms. The van der Waals surface area contributed by atoms with E-state index >= 15 is 0 Å². The highest BCUT2D eigenvalue weighted by molar-refractivity contribution is 6.30. The van der Waals surface area contributed by atoms with E-state index in [9.17, 15) is 0 Å². The van der Waals surface area contributed by atoms with Crippen molar-refractivity contribution in [1.82, 2.24) is 5.32 Å². The molecule has 3 heteroatoms. The van der Waals surface area contributed by atoms with Gasteiger partial charge in [0, 0.05) is 10.0 Å². The van der Waals surface area contributed by atoms with Gasteiger partial charge < -0.3 is 5.32 Å². The fraction of sp³-hybridized carbons (Fsp3) is 0.172. The molecule has 0 atom stereocenters. The van der Waals surface area contributed by atoms with Crippen LogP contribution in [0.25, 0.3) is 0 Å². The first-order chi connectivity index (χ1) is 15.6. The van der Waals surface area contributed by atoms with Crippen molar-refractivity contribution in [3.05, 3.63) is 141 Å². The Hall–Kier alpha value is -2.58. The van der Waals surface area contributed by atoms with Crippen LogP contribution in [0.15, 0.2) is 109 Å². The first-order valence-electron chi connectivity index (χ1n) is 11.0. The molecule has 4 rings (SSSR count). The smallest absolute Gasteiger partial charge is 0.0701 e. The molecular formula is C29H29Cl2N. The Kier molecular flexibility index (Phi) is 8.93. The van der Waals surface area contributed by atoms with E-state index < -0.39 is 5.41 Å². The van der Waals surface area contributed by atoms with Gasteiger partial charge in [-0.15, -0.1) is 0 Å². The molecule has 4 aromatic carbocycles. The van der Waals surface area contributed by atoms with E-state index in [-0.39, 0.29) is 0 Å². The van der Waals surface area contributed by atoms with Crippen molar-refractivity contribution in [3.63, 3.8) is 0 Å². The topological polar surface area (TPSA) is 12.0 Å². The normalized spacial score (nSPS) is 10.9. The first-order valence-corrected chi connectivity index (χ1v) is 11.7. The van der Waals surface area contributed by atoms with E-state index in [0.717, 1.165) is 34.3 Å². The average Bonchev–Trinajstić information content (AvgIpc) is 2.84. The molecule has 1 N–H and O–H groups in total. The Morgan fingerprint density at radius 2 is 0.812 bits per heavy atom. The summed E-state index contributed by atoms with van der Waals surface area (Å²) in [7, 11) is 0. The number of nitrogens with one attached hydrogen (secondary N) is 1. The number of hydrogen-bond acceptors (Lipinski definition) is 1. The zero-order valence-corrected chi connectivity index (χ0v) is 20.1. The molecule has 0 amide bonds. The molecule has 0 unspecified atom stereocenters. The first kappa shape index (κ1) is 24.1. The number of benzene rings is 4. The Balaban J connectivity index is 0.000000523. The lowest BCUT2D eigenvalue weighted by atomic mass is 9.65. The molecular weight excluding hydrogens is 433 g/mol. The largest absolute Gasteiger partial charge is 0.317 e. The number of hydrogen-bond donors (Lipinski definition) is 1. The quantitative estimate of drug-likeness (QED) is 0.286. The van der Waals surface area contributed by atoms with Gasteiger partial charge in [-0.2, -0.15) is 0 Å². The minimum Gasteiger partial charge on any atom is -0.317 e. The Morgan fingerprint density at radius 3 is 1.09 bits per heavy atom. The molecule has 0 saturated heterocycles. The highest BCUT2D eigenvalue weighted by Crippen LogP contribution is 2.45. The lowest BCUT2D eigenvalue weighted by Crippen LogP contribution is -2.30. The molecule has 0 aliphatic carbocycles. The van der Waals surface area contributed by atoms with Crippen LogP contribution in [0.1, 0.15) is 36.1 Å². The van der Waals surface area contributed by atoms with E-state index in [1.807, 2.05) is 36.4 Å². The zero-order chi connectivity index (χ0) is 22.8. The maximum atomic E-state index is 6.20. The van der Waals surface area contributed by atoms with Crippen LogP contribution in [0.5, 0.6) is 0 Å². The summed E-state index contributed by atoms with van der Waals surface area (Å²) in [5, 5.41) is 4.56. The SMILES string of the molecule is CCNCC.Clc1ccc(C(c2ccccc2)(c2ccccc2)c2ccc(Cl)cc2)cc1. The summed E-state index contributed by atoms with van der Waals surface area (Å²) in [4.78, 5) is 0. The summed E-state index contributed by atoms with van der Waals surface area (Å²) >= 11 is 12.4. The summed E-state index contributed by atoms with van der Waals surface area (Å²) in [6.45, 7) is 6.39. The fourth-order valence-corrected chi connectivity index (χ4v) is 4.28. The van der Waals surface area contributed by atoms with Crippen molar-refractivity contribution < 1.29 is 0 Å². The molecule has 0 aliphatic heterocycles. The Labute approximate surface area is 202 Å². The van der Waals surface area contributed by atoms with Crippen molar-refractivity contribution in [2.24, 2.45) is 0 Å². The van der Waals surface area contributed by atoms with Gasteiger partial charge in [0.15, 0.2) is 0 Å². The third kappa shape index (κ3) is 5.42. The van der Waals surface area contributed by atoms with Gasteiger partial charge in [0.2, 0.25) is 0 Å². The van der Waals surface area contributed by atoms with Crippen molar-refractivity contribution in [2.75, 3.05) is 13.1 Å². The fourth-order valence-electron chi connectivity index (χ4n) is 4.03. The van der Waals surface area contributed by atoms with Crippen LogP contribution in [-0.2, 0) is 5.41 Å². The van der Waals surface area contributed by atoms with Crippen molar-refractivity contribution in [3.8, 4) is 0 Å². The second-order valence-electron chi connectivity index (χ2n) is 7.45. The van der Waals surface area contributed by atoms with Crippen LogP contribution in [-0.4, -0.2) is 13.1 Å². The van der Waals surface area contributed by atoms with Gasteiger partial charge in [-0.3, -0.25) is 0 Å². The average molecular weight is 462 g/mol. The van der Waals surface area contributed by atoms with Crippen LogP contribution in [0, 0.1) is 0 Å². The van der Waals surface area contributed by atoms with E-state index in [2.05, 4.69) is 92.0 Å². The standard InChI is InChI=1S/C25H18Cl2.C4H11N/c26-23-15-11-21(12-16-23)25(19-7-3-1-4-8-19,20-9-5-2-6-10-20)22-13-17-24(27)18-14-22;1-3-5-4-2/h1-18H;5H,3-4H2,1-2H3. The Bertz CT molecular complexity index is 971. The van der Waals surface area contributed by atoms with Crippen LogP contribution in [0.3, 0.4) is 0 Å². The molecule has 0 spiro atoms. The molecule has 0 heterocycles. The van der Waals surface area contributed by atoms with Gasteiger partial charge in [-0.05, 0) is 59.6 Å². The van der Waals surface area contributed by atoms with Crippen molar-refractivity contribution in [2.45, 2.75) is 19.3 Å². The molecule has 0 saturated carbocycles. The maximum Gasteiger partial charge on any atom is 0.0701 e. The second-order valence-corrected chi connectivity index (χ2v) is 8.33. The molecule has 4 aromatic rings. The van der Waals surface area contributed by atoms with Gasteiger partial charge in [0.05, 0.1) is 5.41 Å². The predicted molar refractivity (Wildman–Crippen MR) is 139 cm³/mol. The lowest BCUT2D eigenvalue weighted by molar-refractivity contribution is 0.745. The van der Waals surface area contributed by atoms with Gasteiger partial charge in [0.1, 0.15) is 0 Å². The summed E-state index contributed by atoms with van der Waals surface area (Å²) in [5.41, 5.74) is 4.25. The van der Waals surface area contributed by atoms with E-state index in [4.69, 9.17) is 23.2 Å². The minimum absolute atomic E-state index is 0.461. The molecule has 0 bridgehead atoms. The van der Waals surface area contributed by atoms with Gasteiger partial charge in [-0.25, -0.2) is 0 Å². The van der Waals surface area contributed by atoms with Gasteiger partial charge in [-0.1, -0.05) is 122 Å². The molecule has 164 valence electrons. The summed E-state index contributed by atoms with van der Waals surface area (Å²) < 4.78 is 0. The van der Waals surface area contributed by atoms with Gasteiger partial charge in [0.25, 0.3) is 0 Å². The molecule has 1 nitrogen and oxygen atoms in total. The second kappa shape index (κ2) is 11.9. The third-order valence-corrected chi connectivity index (χ3v) is 5.97. The third-order valence-electron chi connectivity index (χ3n) is 5.47. The highest BCUT2D eigenvalue weighted by atomic mass is 35.5. The zero-order valence-electron chi connectivity index (χ0n) is 18.6. The molecule has 0 aromatic heterocycles. The summed E-state index contributed by atoms with van der Waals surface area (Å²) in [6, 6.07) is 37.4. The van der Waals surface area contributed by atoms with Crippen molar-refractivity contribution in [1.29, 1.82) is 0 Å². The van der Waals surface area contributed by atoms with Crippen LogP contribution < -0.4 is 5.32 Å². The summed E-state index contributed by atoms with van der Waals surface area (Å²) in [5.74, 6) is 0. The maximum absolute atomic E-state index is 6.20. The highest BCUT2D eigenvalue weighted by Gasteiger charge is 2.38. The van der Waals surface area contributed by atoms with Crippen molar-refractivity contribution >= 4 is 23.2 Å². The Morgan fingerprint density at radius 1 is 0.500 bits per heavy atom. The molecule has 0 aliphatic rings. The monoisotopic (exact) mass is 461 g/mol. The number of halogens is 2. The summed E-state index contributed by atoms with van der Waals surface area (Å²) in [6.07, 6.45) is 0. The van der Waals surface area contributed by atoms with E-state index in [1.54, 1.807) is 0 Å². The van der Waals surface area contributed by atoms with Gasteiger partial charge >= 0.3 is 0 Å². The predicted octanol–water partition coefficient (Wildman–Crippen LogP) is 7.99. The van der Waals surface area contributed by atoms with E-state index in [1.165, 1.54) is 11.1 Å². The van der Waals surface area contributed by atoms with Crippen LogP contribution >= 0.6 is 23.2 Å². The van der Waals surface area contributed by atoms with Crippen LogP contribution in [0.2, 0.25) is 10.0 Å².